The summed E-state index contributed by atoms with van der Waals surface area (Å²) in [7, 11) is -2.98. The molecule has 0 radical (unpaired) electrons. The first-order chi connectivity index (χ1) is 5.33. The normalized spacial score (nSPS) is 11.1. The fraction of sp³-hybridized carbons (Fsp3) is 0.571. The highest BCUT2D eigenvalue weighted by atomic mass is 32.2. The Morgan fingerprint density at radius 1 is 1.50 bits per heavy atom. The monoisotopic (exact) mass is 192 g/mol. The lowest BCUT2D eigenvalue weighted by atomic mass is 10.2. The van der Waals surface area contributed by atoms with Crippen LogP contribution in [0, 0.1) is 0 Å². The van der Waals surface area contributed by atoms with Crippen LogP contribution in [-0.2, 0) is 14.6 Å². The largest absolute Gasteiger partial charge is 0.478 e. The van der Waals surface area contributed by atoms with E-state index >= 15 is 0 Å². The average molecular weight is 192 g/mol. The van der Waals surface area contributed by atoms with Crippen molar-refractivity contribution in [2.75, 3.05) is 12.0 Å². The van der Waals surface area contributed by atoms with Gasteiger partial charge >= 0.3 is 5.97 Å². The fourth-order valence-electron chi connectivity index (χ4n) is 0.655. The number of carbonyl (C=O) groups is 1. The highest BCUT2D eigenvalue weighted by molar-refractivity contribution is 7.90. The second-order valence-electron chi connectivity index (χ2n) is 2.64. The van der Waals surface area contributed by atoms with Gasteiger partial charge in [0, 0.05) is 11.8 Å². The van der Waals surface area contributed by atoms with Crippen LogP contribution in [0.3, 0.4) is 0 Å². The van der Waals surface area contributed by atoms with Gasteiger partial charge in [0.1, 0.15) is 9.84 Å². The van der Waals surface area contributed by atoms with Gasteiger partial charge in [-0.15, -0.1) is 0 Å². The van der Waals surface area contributed by atoms with E-state index < -0.39 is 15.8 Å². The van der Waals surface area contributed by atoms with Crippen LogP contribution in [0.1, 0.15) is 12.8 Å². The molecule has 1 N–H and O–H groups in total. The Morgan fingerprint density at radius 3 is 2.33 bits per heavy atom. The maximum Gasteiger partial charge on any atom is 0.330 e. The van der Waals surface area contributed by atoms with E-state index in [4.69, 9.17) is 5.11 Å². The van der Waals surface area contributed by atoms with Crippen LogP contribution in [-0.4, -0.2) is 31.5 Å². The van der Waals surface area contributed by atoms with Crippen LogP contribution in [0.4, 0.5) is 0 Å². The van der Waals surface area contributed by atoms with Crippen LogP contribution in [0.5, 0.6) is 0 Å². The summed E-state index contributed by atoms with van der Waals surface area (Å²) in [5, 5.41) is 8.36. The first-order valence-corrected chi connectivity index (χ1v) is 5.48. The molecular weight excluding hydrogens is 180 g/mol. The summed E-state index contributed by atoms with van der Waals surface area (Å²) in [5.41, 5.74) is 0.0543. The molecule has 0 atom stereocenters. The lowest BCUT2D eigenvalue weighted by Gasteiger charge is -1.98. The summed E-state index contributed by atoms with van der Waals surface area (Å²) < 4.78 is 21.2. The van der Waals surface area contributed by atoms with Gasteiger partial charge in [0.15, 0.2) is 0 Å². The minimum atomic E-state index is -2.98. The minimum absolute atomic E-state index is 0.0132. The van der Waals surface area contributed by atoms with Gasteiger partial charge in [-0.3, -0.25) is 0 Å². The Hall–Kier alpha value is -0.840. The highest BCUT2D eigenvalue weighted by Gasteiger charge is 2.06. The number of carboxylic acids is 1. The quantitative estimate of drug-likeness (QED) is 0.642. The summed E-state index contributed by atoms with van der Waals surface area (Å²) in [6.07, 6.45) is 1.67. The average Bonchev–Trinajstić information content (AvgIpc) is 1.84. The molecule has 0 amide bonds. The van der Waals surface area contributed by atoms with Gasteiger partial charge in [-0.05, 0) is 12.8 Å². The van der Waals surface area contributed by atoms with Crippen molar-refractivity contribution >= 4 is 15.8 Å². The molecule has 0 fully saturated rings. The van der Waals surface area contributed by atoms with E-state index in [1.165, 1.54) is 0 Å². The molecule has 0 aliphatic rings. The van der Waals surface area contributed by atoms with Gasteiger partial charge in [-0.1, -0.05) is 6.58 Å². The summed E-state index contributed by atoms with van der Waals surface area (Å²) in [4.78, 5) is 10.2. The summed E-state index contributed by atoms with van der Waals surface area (Å²) >= 11 is 0. The molecule has 0 unspecified atom stereocenters. The van der Waals surface area contributed by atoms with Crippen molar-refractivity contribution in [2.45, 2.75) is 12.8 Å². The molecule has 0 aromatic heterocycles. The molecule has 70 valence electrons. The molecule has 0 aromatic carbocycles. The van der Waals surface area contributed by atoms with E-state index in [1.54, 1.807) is 0 Å². The van der Waals surface area contributed by atoms with Crippen molar-refractivity contribution in [2.24, 2.45) is 0 Å². The summed E-state index contributed by atoms with van der Waals surface area (Å²) in [5.74, 6) is -1.05. The van der Waals surface area contributed by atoms with Gasteiger partial charge in [0.05, 0.1) is 5.75 Å². The third-order valence-electron chi connectivity index (χ3n) is 1.30. The third kappa shape index (κ3) is 5.91. The van der Waals surface area contributed by atoms with Gasteiger partial charge in [0.2, 0.25) is 0 Å². The number of carboxylic acid groups (broad SMARTS) is 1. The van der Waals surface area contributed by atoms with E-state index in [2.05, 4.69) is 6.58 Å². The van der Waals surface area contributed by atoms with Crippen molar-refractivity contribution in [3.63, 3.8) is 0 Å². The van der Waals surface area contributed by atoms with Crippen LogP contribution in [0.15, 0.2) is 12.2 Å². The topological polar surface area (TPSA) is 71.4 Å². The zero-order valence-corrected chi connectivity index (χ0v) is 7.73. The molecule has 0 aliphatic heterocycles. The molecule has 12 heavy (non-hydrogen) atoms. The van der Waals surface area contributed by atoms with Gasteiger partial charge in [-0.25, -0.2) is 13.2 Å². The van der Waals surface area contributed by atoms with E-state index in [0.29, 0.717) is 6.42 Å². The second kappa shape index (κ2) is 4.25. The summed E-state index contributed by atoms with van der Waals surface area (Å²) in [6, 6.07) is 0. The molecule has 5 heteroatoms. The van der Waals surface area contributed by atoms with E-state index in [0.717, 1.165) is 6.26 Å². The standard InChI is InChI=1S/C7H12O4S/c1-6(7(8)9)4-3-5-12(2,10)11/h1,3-5H2,2H3,(H,8,9). The molecule has 0 spiro atoms. The maximum absolute atomic E-state index is 10.6. The lowest BCUT2D eigenvalue weighted by Crippen LogP contribution is -2.05. The third-order valence-corrected chi connectivity index (χ3v) is 2.33. The molecule has 0 aromatic rings. The smallest absolute Gasteiger partial charge is 0.330 e. The zero-order chi connectivity index (χ0) is 9.78. The highest BCUT2D eigenvalue weighted by Crippen LogP contribution is 2.03. The molecule has 0 rings (SSSR count). The number of sulfone groups is 1. The molecule has 0 saturated carbocycles. The molecule has 4 nitrogen and oxygen atoms in total. The molecule has 0 saturated heterocycles. The minimum Gasteiger partial charge on any atom is -0.478 e. The van der Waals surface area contributed by atoms with Crippen molar-refractivity contribution in [3.8, 4) is 0 Å². The van der Waals surface area contributed by atoms with Crippen molar-refractivity contribution in [3.05, 3.63) is 12.2 Å². The van der Waals surface area contributed by atoms with E-state index in [1.807, 2.05) is 0 Å². The van der Waals surface area contributed by atoms with Gasteiger partial charge in [0.25, 0.3) is 0 Å². The van der Waals surface area contributed by atoms with E-state index in [9.17, 15) is 13.2 Å². The molecule has 0 aliphatic carbocycles. The van der Waals surface area contributed by atoms with Crippen LogP contribution < -0.4 is 0 Å². The van der Waals surface area contributed by atoms with Gasteiger partial charge < -0.3 is 5.11 Å². The number of hydrogen-bond acceptors (Lipinski definition) is 3. The zero-order valence-electron chi connectivity index (χ0n) is 6.91. The van der Waals surface area contributed by atoms with Crippen molar-refractivity contribution in [1.82, 2.24) is 0 Å². The Balaban J connectivity index is 3.73. The SMILES string of the molecule is C=C(CCCS(C)(=O)=O)C(=O)O. The summed E-state index contributed by atoms with van der Waals surface area (Å²) in [6.45, 7) is 3.28. The lowest BCUT2D eigenvalue weighted by molar-refractivity contribution is -0.132. The van der Waals surface area contributed by atoms with Crippen LogP contribution in [0.25, 0.3) is 0 Å². The number of hydrogen-bond donors (Lipinski definition) is 1. The van der Waals surface area contributed by atoms with E-state index in [-0.39, 0.29) is 17.7 Å². The Morgan fingerprint density at radius 2 is 2.00 bits per heavy atom. The van der Waals surface area contributed by atoms with Crippen LogP contribution >= 0.6 is 0 Å². The first kappa shape index (κ1) is 11.2. The number of rotatable bonds is 5. The Kier molecular flexibility index (Phi) is 3.95. The van der Waals surface area contributed by atoms with Crippen molar-refractivity contribution in [1.29, 1.82) is 0 Å². The Labute approximate surface area is 71.8 Å². The molecular formula is C7H12O4S. The predicted octanol–water partition coefficient (Wildman–Crippen LogP) is 0.452. The number of aliphatic carboxylic acids is 1. The predicted molar refractivity (Wildman–Crippen MR) is 45.7 cm³/mol. The maximum atomic E-state index is 10.6. The molecule has 0 bridgehead atoms. The first-order valence-electron chi connectivity index (χ1n) is 3.42. The van der Waals surface area contributed by atoms with Crippen molar-refractivity contribution < 1.29 is 18.3 Å². The Bertz CT molecular complexity index is 276. The van der Waals surface area contributed by atoms with Crippen LogP contribution in [0.2, 0.25) is 0 Å². The molecule has 0 heterocycles. The van der Waals surface area contributed by atoms with Gasteiger partial charge in [-0.2, -0.15) is 0 Å². The second-order valence-corrected chi connectivity index (χ2v) is 4.90. The fourth-order valence-corrected chi connectivity index (χ4v) is 1.32.